The molecule has 0 bridgehead atoms. The molecule has 0 saturated carbocycles. The molecule has 14 amide bonds. The van der Waals surface area contributed by atoms with Gasteiger partial charge in [0, 0.05) is 60.1 Å². The van der Waals surface area contributed by atoms with E-state index in [1.807, 2.05) is 42.5 Å². The fourth-order valence-corrected chi connectivity index (χ4v) is 13.9. The molecule has 1 saturated heterocycles. The number of H-pyrrole nitrogens is 2. The fourth-order valence-electron chi connectivity index (χ4n) is 13.9. The molecule has 1 aliphatic heterocycles. The number of carbonyl (C=O) groups is 15. The van der Waals surface area contributed by atoms with Gasteiger partial charge in [-0.3, -0.25) is 77.3 Å². The number of hydrogen-bond donors (Lipinski definition) is 22. The highest BCUT2D eigenvalue weighted by molar-refractivity contribution is 6.01. The molecule has 25 N–H and O–H groups in total. The minimum Gasteiger partial charge on any atom is -0.480 e. The quantitative estimate of drug-likeness (QED) is 0.0126. The smallest absolute Gasteiger partial charge is 0.325 e. The number of unbranched alkanes of at least 4 members (excludes halogenated alkanes) is 1. The number of carboxylic acids is 1. The summed E-state index contributed by atoms with van der Waals surface area (Å²) in [7, 11) is 0. The summed E-state index contributed by atoms with van der Waals surface area (Å²) in [4.78, 5) is 217. The molecule has 668 valence electrons. The van der Waals surface area contributed by atoms with Crippen molar-refractivity contribution >= 4 is 116 Å². The van der Waals surface area contributed by atoms with Gasteiger partial charge in [-0.1, -0.05) is 115 Å². The van der Waals surface area contributed by atoms with Crippen LogP contribution < -0.4 is 91.6 Å². The summed E-state index contributed by atoms with van der Waals surface area (Å²) in [5.74, 6) is -14.0. The molecule has 2 aromatic heterocycles. The van der Waals surface area contributed by atoms with Crippen molar-refractivity contribution in [2.45, 2.75) is 250 Å². The van der Waals surface area contributed by atoms with Crippen molar-refractivity contribution in [1.82, 2.24) is 89.3 Å². The van der Waals surface area contributed by atoms with Gasteiger partial charge in [0.2, 0.25) is 82.7 Å². The van der Waals surface area contributed by atoms with Crippen molar-refractivity contribution in [3.05, 3.63) is 108 Å². The lowest BCUT2D eigenvalue weighted by Gasteiger charge is -2.32. The molecule has 1 fully saturated rings. The summed E-state index contributed by atoms with van der Waals surface area (Å²) < 4.78 is 0. The maximum absolute atomic E-state index is 14.8. The monoisotopic (exact) mass is 1700 g/mol. The Hall–Kier alpha value is -12.1. The first-order chi connectivity index (χ1) is 57.8. The highest BCUT2D eigenvalue weighted by Gasteiger charge is 2.42. The van der Waals surface area contributed by atoms with Crippen LogP contribution in [0.25, 0.3) is 21.8 Å². The van der Waals surface area contributed by atoms with E-state index >= 15 is 0 Å². The van der Waals surface area contributed by atoms with E-state index in [9.17, 15) is 82.1 Å². The van der Waals surface area contributed by atoms with E-state index < -0.39 is 192 Å². The van der Waals surface area contributed by atoms with E-state index in [2.05, 4.69) is 84.4 Å². The second kappa shape index (κ2) is 48.4. The van der Waals surface area contributed by atoms with E-state index in [0.717, 1.165) is 16.5 Å². The zero-order valence-corrected chi connectivity index (χ0v) is 71.3. The van der Waals surface area contributed by atoms with Gasteiger partial charge >= 0.3 is 5.97 Å². The number of carbonyl (C=O) groups excluding carboxylic acids is 14. The number of fused-ring (bicyclic) bond motifs is 2. The van der Waals surface area contributed by atoms with Crippen molar-refractivity contribution < 1.29 is 82.1 Å². The Balaban J connectivity index is 1.12. The van der Waals surface area contributed by atoms with Crippen LogP contribution in [0, 0.1) is 23.2 Å². The third-order valence-electron chi connectivity index (χ3n) is 21.1. The van der Waals surface area contributed by atoms with Gasteiger partial charge in [-0.05, 0) is 152 Å². The number of nitrogens with one attached hydrogen (secondary N) is 17. The lowest BCUT2D eigenvalue weighted by Crippen LogP contribution is -2.61. The Bertz CT molecular complexity index is 4440. The summed E-state index contributed by atoms with van der Waals surface area (Å²) in [5.41, 5.74) is 21.2. The van der Waals surface area contributed by atoms with Crippen molar-refractivity contribution in [1.29, 1.82) is 5.41 Å². The highest BCUT2D eigenvalue weighted by atomic mass is 16.4. The van der Waals surface area contributed by atoms with Gasteiger partial charge in [0.1, 0.15) is 78.5 Å². The van der Waals surface area contributed by atoms with E-state index in [1.54, 1.807) is 90.3 Å². The van der Waals surface area contributed by atoms with Crippen molar-refractivity contribution in [2.75, 3.05) is 26.2 Å². The number of carboxylic acid groups (broad SMARTS) is 1. The summed E-state index contributed by atoms with van der Waals surface area (Å²) in [6.07, 6.45) is 3.52. The average molecular weight is 1700 g/mol. The van der Waals surface area contributed by atoms with E-state index in [1.165, 1.54) is 39.5 Å². The normalized spacial score (nSPS) is 16.3. The number of hydrogen-bond acceptors (Lipinski definition) is 19. The molecule has 5 aromatic rings. The van der Waals surface area contributed by atoms with Crippen molar-refractivity contribution in [3.63, 3.8) is 0 Å². The second-order valence-corrected chi connectivity index (χ2v) is 32.1. The number of aliphatic hydroxyl groups is 1. The minimum absolute atomic E-state index is 0.0000996. The SMILES string of the molecule is CC[C@H](C)[C@H](NC(=O)[C@H](C)NC(=O)[C@H](CCCNC(=N)N)NC(=O)[C@H](CC(C)C)NC(=O)[C@H](C)NC(=O)[C@H](Cc1c[nH]c2ccccc12)NC(=O)[C@H](CCCCN)NC(=O)[C@H](C)NC(=O)[C@H](CC(C)C)NC(=O)[C@@H](NC(=O)CNC(=O)[C@H](Cc1c[nH]c2ccccc12)NC(=O)[C@@H](N)Cc1ccccc1)[C@@H](C)O)C(=O)N1CCC[C@H]1C(=O)N[C@@H](C)C(=O)O. The van der Waals surface area contributed by atoms with Crippen molar-refractivity contribution in [2.24, 2.45) is 35.0 Å². The molecule has 3 aromatic carbocycles. The maximum Gasteiger partial charge on any atom is 0.325 e. The van der Waals surface area contributed by atoms with Crippen LogP contribution in [-0.4, -0.2) is 237 Å². The Kier molecular flexibility index (Phi) is 39.2. The molecule has 122 heavy (non-hydrogen) atoms. The number of aromatic nitrogens is 2. The Morgan fingerprint density at radius 1 is 0.492 bits per heavy atom. The zero-order valence-electron chi connectivity index (χ0n) is 71.3. The topological polar surface area (TPSA) is 602 Å². The van der Waals surface area contributed by atoms with Gasteiger partial charge < -0.3 is 117 Å². The van der Waals surface area contributed by atoms with E-state index in [-0.39, 0.29) is 102 Å². The first kappa shape index (κ1) is 98.8. The number of amides is 14. The third-order valence-corrected chi connectivity index (χ3v) is 21.1. The Morgan fingerprint density at radius 3 is 1.46 bits per heavy atom. The van der Waals surface area contributed by atoms with E-state index in [0.29, 0.717) is 41.3 Å². The summed E-state index contributed by atoms with van der Waals surface area (Å²) >= 11 is 0. The molecular weight excluding hydrogens is 1580 g/mol. The number of aliphatic hydroxyl groups excluding tert-OH is 1. The number of nitrogens with zero attached hydrogens (tertiary/aromatic N) is 1. The van der Waals surface area contributed by atoms with Crippen LogP contribution in [0.1, 0.15) is 157 Å². The van der Waals surface area contributed by atoms with Gasteiger partial charge in [-0.15, -0.1) is 0 Å². The summed E-state index contributed by atoms with van der Waals surface area (Å²) in [6, 6.07) is 5.00. The molecule has 0 radical (unpaired) electrons. The fraction of sp³-hybridized carbons (Fsp3) is 0.548. The molecule has 1 aliphatic rings. The molecule has 38 heteroatoms. The number of likely N-dealkylation sites (tertiary alicyclic amines) is 1. The molecule has 0 spiro atoms. The summed E-state index contributed by atoms with van der Waals surface area (Å²) in [6.45, 7) is 16.8. The molecule has 38 nitrogen and oxygen atoms in total. The first-order valence-corrected chi connectivity index (χ1v) is 41.6. The van der Waals surface area contributed by atoms with Crippen LogP contribution in [0.2, 0.25) is 0 Å². The number of benzene rings is 3. The third kappa shape index (κ3) is 30.6. The van der Waals surface area contributed by atoms with E-state index in [4.69, 9.17) is 22.6 Å². The maximum atomic E-state index is 14.8. The number of para-hydroxylation sites is 2. The predicted molar refractivity (Wildman–Crippen MR) is 455 cm³/mol. The molecular formula is C84H125N21O17. The first-order valence-electron chi connectivity index (χ1n) is 41.6. The van der Waals surface area contributed by atoms with Gasteiger partial charge in [0.15, 0.2) is 5.96 Å². The molecule has 0 aliphatic carbocycles. The van der Waals surface area contributed by atoms with Crippen LogP contribution in [0.4, 0.5) is 0 Å². The van der Waals surface area contributed by atoms with Gasteiger partial charge in [-0.25, -0.2) is 0 Å². The largest absolute Gasteiger partial charge is 0.480 e. The lowest BCUT2D eigenvalue weighted by atomic mass is 9.97. The van der Waals surface area contributed by atoms with Crippen LogP contribution in [0.3, 0.4) is 0 Å². The minimum atomic E-state index is -1.70. The molecule has 0 unspecified atom stereocenters. The number of nitrogens with two attached hydrogens (primary N) is 3. The molecule has 16 atom stereocenters. The van der Waals surface area contributed by atoms with Gasteiger partial charge in [0.25, 0.3) is 0 Å². The van der Waals surface area contributed by atoms with Gasteiger partial charge in [0.05, 0.1) is 18.7 Å². The van der Waals surface area contributed by atoms with Crippen LogP contribution in [-0.2, 0) is 91.2 Å². The number of guanidine groups is 1. The Labute approximate surface area is 709 Å². The standard InChI is InChI=1S/C84H125N21O17/c1-12-46(6)68(82(120)105-35-23-32-66(105)80(118)96-50(10)83(121)122)104-72(110)49(9)93-75(113)61(31-22-34-89-84(87)88)98-79(117)63(37-45(4)5)99-71(109)48(8)95-78(116)65(40-54-42-91-59-29-19-17-27-56(54)59)101-76(114)60(30-20-21-33-85)97-70(108)47(7)94-77(115)62(36-44(2)3)102-81(119)69(51(11)106)103-67(107)43-92-74(112)64(39-53-41-90-58-28-18-16-26-55(53)58)100-73(111)57(86)38-52-24-14-13-15-25-52/h13-19,24-29,41-42,44-51,57,60-66,68-69,90-91,106H,12,20-23,30-40,43,85-86H2,1-11H3,(H,92,112)(H,93,113)(H,94,115)(H,95,116)(H,96,118)(H,97,108)(H,98,117)(H,99,109)(H,100,111)(H,101,114)(H,102,119)(H,103,107)(H,104,110)(H,121,122)(H4,87,88,89)/t46-,47-,48-,49-,50-,51+,57-,60-,61-,62-,63-,64-,65-,66-,68-,69-/m0/s1. The zero-order chi connectivity index (χ0) is 90.2. The van der Waals surface area contributed by atoms with Crippen LogP contribution in [0.15, 0.2) is 91.3 Å². The number of rotatable bonds is 49. The van der Waals surface area contributed by atoms with Crippen LogP contribution in [0.5, 0.6) is 0 Å². The van der Waals surface area contributed by atoms with Gasteiger partial charge in [-0.2, -0.15) is 0 Å². The Morgan fingerprint density at radius 2 is 0.943 bits per heavy atom. The second-order valence-electron chi connectivity index (χ2n) is 32.1. The molecule has 6 rings (SSSR count). The number of aromatic amines is 2. The average Bonchev–Trinajstić information content (AvgIpc) is 1.64. The lowest BCUT2D eigenvalue weighted by molar-refractivity contribution is -0.145. The molecule has 3 heterocycles. The van der Waals surface area contributed by atoms with Crippen LogP contribution >= 0.6 is 0 Å². The number of aliphatic carboxylic acids is 1. The predicted octanol–water partition coefficient (Wildman–Crippen LogP) is -0.995. The highest BCUT2D eigenvalue weighted by Crippen LogP contribution is 2.25. The van der Waals surface area contributed by atoms with Crippen molar-refractivity contribution in [3.8, 4) is 0 Å². The summed E-state index contributed by atoms with van der Waals surface area (Å²) in [5, 5.41) is 66.1.